The Morgan fingerprint density at radius 2 is 1.82 bits per heavy atom. The van der Waals surface area contributed by atoms with Crippen LogP contribution in [-0.2, 0) is 20.7 Å². The fourth-order valence-corrected chi connectivity index (χ4v) is 5.31. The van der Waals surface area contributed by atoms with E-state index < -0.39 is 0 Å². The summed E-state index contributed by atoms with van der Waals surface area (Å²) in [7, 11) is 0. The highest BCUT2D eigenvalue weighted by Gasteiger charge is 2.28. The number of likely N-dealkylation sites (tertiary alicyclic amines) is 2. The summed E-state index contributed by atoms with van der Waals surface area (Å²) in [4.78, 5) is 45.0. The summed E-state index contributed by atoms with van der Waals surface area (Å²) in [6, 6.07) is 0.607. The van der Waals surface area contributed by atoms with Crippen molar-refractivity contribution in [3.05, 3.63) is 22.5 Å². The van der Waals surface area contributed by atoms with Gasteiger partial charge in [0.1, 0.15) is 5.69 Å². The van der Waals surface area contributed by atoms with Crippen LogP contribution in [0.3, 0.4) is 0 Å². The van der Waals surface area contributed by atoms with Crippen LogP contribution in [0, 0.1) is 19.8 Å². The van der Waals surface area contributed by atoms with Gasteiger partial charge in [-0.15, -0.1) is 0 Å². The predicted molar refractivity (Wildman–Crippen MR) is 132 cm³/mol. The second kappa shape index (κ2) is 12.4. The van der Waals surface area contributed by atoms with Crippen LogP contribution in [0.2, 0.25) is 0 Å². The zero-order valence-corrected chi connectivity index (χ0v) is 21.4. The summed E-state index contributed by atoms with van der Waals surface area (Å²) in [5.41, 5.74) is 3.25. The van der Waals surface area contributed by atoms with Gasteiger partial charge in [0.25, 0.3) is 0 Å². The molecule has 0 aliphatic carbocycles. The number of aromatic nitrogens is 1. The van der Waals surface area contributed by atoms with Gasteiger partial charge in [0.05, 0.1) is 6.61 Å². The van der Waals surface area contributed by atoms with Gasteiger partial charge in [-0.2, -0.15) is 0 Å². The van der Waals surface area contributed by atoms with Crippen molar-refractivity contribution >= 4 is 17.8 Å². The number of piperidine rings is 2. The van der Waals surface area contributed by atoms with Crippen molar-refractivity contribution in [2.24, 2.45) is 5.92 Å². The van der Waals surface area contributed by atoms with Crippen LogP contribution >= 0.6 is 0 Å². The summed E-state index contributed by atoms with van der Waals surface area (Å²) in [6.45, 7) is 12.2. The molecule has 2 fully saturated rings. The Morgan fingerprint density at radius 1 is 1.09 bits per heavy atom. The number of aryl methyl sites for hydroxylation is 1. The van der Waals surface area contributed by atoms with Crippen LogP contribution in [0.1, 0.15) is 79.7 Å². The SMILES string of the molecule is CCOC(=O)c1[nH]c(C)c(CCC(=O)N2CCC(C(=O)NCCN3CCCC[C@@H]3C)CC2)c1C. The highest BCUT2D eigenvalue weighted by molar-refractivity contribution is 5.90. The first kappa shape index (κ1) is 26.3. The fraction of sp³-hybridized carbons (Fsp3) is 0.731. The Hall–Kier alpha value is -2.35. The molecular formula is C26H42N4O4. The van der Waals surface area contributed by atoms with Crippen LogP contribution < -0.4 is 5.32 Å². The molecule has 1 aromatic heterocycles. The van der Waals surface area contributed by atoms with Gasteiger partial charge in [-0.1, -0.05) is 6.42 Å². The second-order valence-electron chi connectivity index (χ2n) is 9.78. The number of ether oxygens (including phenoxy) is 1. The van der Waals surface area contributed by atoms with E-state index >= 15 is 0 Å². The molecule has 8 heteroatoms. The minimum Gasteiger partial charge on any atom is -0.461 e. The fourth-order valence-electron chi connectivity index (χ4n) is 5.31. The summed E-state index contributed by atoms with van der Waals surface area (Å²) in [6.07, 6.45) is 6.21. The van der Waals surface area contributed by atoms with Crippen LogP contribution in [0.15, 0.2) is 0 Å². The summed E-state index contributed by atoms with van der Waals surface area (Å²) in [5, 5.41) is 3.12. The smallest absolute Gasteiger partial charge is 0.355 e. The van der Waals surface area contributed by atoms with E-state index in [1.165, 1.54) is 19.3 Å². The van der Waals surface area contributed by atoms with Gasteiger partial charge < -0.3 is 19.9 Å². The van der Waals surface area contributed by atoms with Crippen molar-refractivity contribution < 1.29 is 19.1 Å². The minimum atomic E-state index is -0.355. The van der Waals surface area contributed by atoms with E-state index in [-0.39, 0.29) is 23.7 Å². The zero-order valence-electron chi connectivity index (χ0n) is 21.4. The molecule has 2 amide bonds. The number of H-pyrrole nitrogens is 1. The predicted octanol–water partition coefficient (Wildman–Crippen LogP) is 2.97. The molecule has 1 atom stereocenters. The van der Waals surface area contributed by atoms with E-state index in [0.29, 0.717) is 63.7 Å². The largest absolute Gasteiger partial charge is 0.461 e. The first-order chi connectivity index (χ1) is 16.3. The van der Waals surface area contributed by atoms with E-state index in [4.69, 9.17) is 4.74 Å². The normalized spacial score (nSPS) is 19.8. The summed E-state index contributed by atoms with van der Waals surface area (Å²) >= 11 is 0. The number of carbonyl (C=O) groups is 3. The average Bonchev–Trinajstić information content (AvgIpc) is 3.12. The Balaban J connectivity index is 1.40. The summed E-state index contributed by atoms with van der Waals surface area (Å²) < 4.78 is 5.11. The van der Waals surface area contributed by atoms with Gasteiger partial charge in [0, 0.05) is 50.3 Å². The molecule has 0 aromatic carbocycles. The Morgan fingerprint density at radius 3 is 2.50 bits per heavy atom. The van der Waals surface area contributed by atoms with Gasteiger partial charge in [-0.05, 0) is 77.5 Å². The molecule has 0 bridgehead atoms. The van der Waals surface area contributed by atoms with E-state index in [9.17, 15) is 14.4 Å². The molecule has 0 saturated carbocycles. The van der Waals surface area contributed by atoms with Crippen molar-refractivity contribution in [1.82, 2.24) is 20.1 Å². The number of carbonyl (C=O) groups excluding carboxylic acids is 3. The average molecular weight is 475 g/mol. The number of esters is 1. The third kappa shape index (κ3) is 6.62. The lowest BCUT2D eigenvalue weighted by molar-refractivity contribution is -0.135. The lowest BCUT2D eigenvalue weighted by Crippen LogP contribution is -2.46. The van der Waals surface area contributed by atoms with Crippen LogP contribution in [-0.4, -0.2) is 77.9 Å². The Kier molecular flexibility index (Phi) is 9.56. The third-order valence-electron chi connectivity index (χ3n) is 7.52. The zero-order chi connectivity index (χ0) is 24.7. The molecule has 2 N–H and O–H groups in total. The quantitative estimate of drug-likeness (QED) is 0.537. The number of nitrogens with one attached hydrogen (secondary N) is 2. The first-order valence-corrected chi connectivity index (χ1v) is 13.0. The lowest BCUT2D eigenvalue weighted by atomic mass is 9.95. The van der Waals surface area contributed by atoms with Crippen molar-refractivity contribution in [3.8, 4) is 0 Å². The number of rotatable bonds is 9. The van der Waals surface area contributed by atoms with Crippen molar-refractivity contribution in [2.75, 3.05) is 39.3 Å². The van der Waals surface area contributed by atoms with Gasteiger partial charge in [0.2, 0.25) is 11.8 Å². The number of nitrogens with zero attached hydrogens (tertiary/aromatic N) is 2. The monoisotopic (exact) mass is 474 g/mol. The van der Waals surface area contributed by atoms with Crippen molar-refractivity contribution in [1.29, 1.82) is 0 Å². The maximum absolute atomic E-state index is 12.8. The molecule has 0 unspecified atom stereocenters. The Labute approximate surface area is 203 Å². The molecule has 1 aromatic rings. The Bertz CT molecular complexity index is 857. The topological polar surface area (TPSA) is 94.7 Å². The molecule has 0 radical (unpaired) electrons. The molecule has 190 valence electrons. The highest BCUT2D eigenvalue weighted by atomic mass is 16.5. The molecule has 8 nitrogen and oxygen atoms in total. The van der Waals surface area contributed by atoms with Gasteiger partial charge in [-0.25, -0.2) is 4.79 Å². The lowest BCUT2D eigenvalue weighted by Gasteiger charge is -2.34. The van der Waals surface area contributed by atoms with Gasteiger partial charge in [-0.3, -0.25) is 14.5 Å². The standard InChI is InChI=1S/C26H42N4O4/c1-5-34-26(33)24-19(3)22(20(4)28-24)9-10-23(31)30-15-11-21(12-16-30)25(32)27-13-17-29-14-7-6-8-18(29)2/h18,21,28H,5-17H2,1-4H3,(H,27,32)/t18-/m0/s1. The molecule has 2 saturated heterocycles. The first-order valence-electron chi connectivity index (χ1n) is 13.0. The van der Waals surface area contributed by atoms with Crippen molar-refractivity contribution in [3.63, 3.8) is 0 Å². The molecule has 2 aliphatic rings. The molecule has 3 heterocycles. The second-order valence-corrected chi connectivity index (χ2v) is 9.78. The molecule has 3 rings (SSSR count). The molecule has 34 heavy (non-hydrogen) atoms. The number of hydrogen-bond donors (Lipinski definition) is 2. The van der Waals surface area contributed by atoms with Crippen molar-refractivity contribution in [2.45, 2.75) is 78.7 Å². The minimum absolute atomic E-state index is 0.0101. The maximum Gasteiger partial charge on any atom is 0.355 e. The molecular weight excluding hydrogens is 432 g/mol. The van der Waals surface area contributed by atoms with E-state index in [1.54, 1.807) is 6.92 Å². The van der Waals surface area contributed by atoms with E-state index in [2.05, 4.69) is 22.1 Å². The number of aromatic amines is 1. The van der Waals surface area contributed by atoms with Crippen LogP contribution in [0.25, 0.3) is 0 Å². The van der Waals surface area contributed by atoms with Gasteiger partial charge in [0.15, 0.2) is 0 Å². The molecule has 2 aliphatic heterocycles. The summed E-state index contributed by atoms with van der Waals surface area (Å²) in [5.74, 6) is -0.131. The van der Waals surface area contributed by atoms with E-state index in [0.717, 1.165) is 29.9 Å². The van der Waals surface area contributed by atoms with Gasteiger partial charge >= 0.3 is 5.97 Å². The van der Waals surface area contributed by atoms with E-state index in [1.807, 2.05) is 18.7 Å². The third-order valence-corrected chi connectivity index (χ3v) is 7.52. The molecule has 0 spiro atoms. The number of hydrogen-bond acceptors (Lipinski definition) is 5. The number of amides is 2. The van der Waals surface area contributed by atoms with Crippen LogP contribution in [0.4, 0.5) is 0 Å². The van der Waals surface area contributed by atoms with Crippen LogP contribution in [0.5, 0.6) is 0 Å². The highest BCUT2D eigenvalue weighted by Crippen LogP contribution is 2.23. The maximum atomic E-state index is 12.8.